The third kappa shape index (κ3) is 3.01. The Kier molecular flexibility index (Phi) is 3.97. The topological polar surface area (TPSA) is 73.0 Å². The van der Waals surface area contributed by atoms with Crippen LogP contribution in [0.3, 0.4) is 0 Å². The van der Waals surface area contributed by atoms with E-state index in [1.54, 1.807) is 23.1 Å². The summed E-state index contributed by atoms with van der Waals surface area (Å²) in [6.45, 7) is 5.81. The van der Waals surface area contributed by atoms with Gasteiger partial charge < -0.3 is 9.73 Å². The van der Waals surface area contributed by atoms with Crippen LogP contribution in [0.2, 0.25) is 0 Å². The average Bonchev–Trinajstić information content (AvgIpc) is 3.16. The van der Waals surface area contributed by atoms with Crippen LogP contribution in [0.1, 0.15) is 29.9 Å². The van der Waals surface area contributed by atoms with Gasteiger partial charge in [-0.1, -0.05) is 22.9 Å². The van der Waals surface area contributed by atoms with Gasteiger partial charge in [-0.05, 0) is 45.0 Å². The van der Waals surface area contributed by atoms with Crippen molar-refractivity contribution < 1.29 is 9.21 Å². The van der Waals surface area contributed by atoms with E-state index in [-0.39, 0.29) is 17.6 Å². The Bertz CT molecular complexity index is 802. The molecule has 6 nitrogen and oxygen atoms in total. The lowest BCUT2D eigenvalue weighted by atomic mass is 10.2. The summed E-state index contributed by atoms with van der Waals surface area (Å²) in [6.07, 6.45) is 1.56. The number of rotatable bonds is 4. The Morgan fingerprint density at radius 1 is 1.22 bits per heavy atom. The number of nitrogens with one attached hydrogen (secondary N) is 1. The minimum Gasteiger partial charge on any atom is -0.463 e. The highest BCUT2D eigenvalue weighted by Crippen LogP contribution is 2.26. The zero-order chi connectivity index (χ0) is 16.4. The smallest absolute Gasteiger partial charge is 0.274 e. The molecule has 0 saturated carbocycles. The number of hydrogen-bond acceptors (Lipinski definition) is 4. The predicted molar refractivity (Wildman–Crippen MR) is 86.4 cm³/mol. The summed E-state index contributed by atoms with van der Waals surface area (Å²) < 4.78 is 7.10. The van der Waals surface area contributed by atoms with Crippen LogP contribution >= 0.6 is 0 Å². The van der Waals surface area contributed by atoms with E-state index in [4.69, 9.17) is 4.42 Å². The third-order valence-electron chi connectivity index (χ3n) is 3.34. The Balaban J connectivity index is 2.12. The van der Waals surface area contributed by atoms with Gasteiger partial charge in [0.1, 0.15) is 5.69 Å². The average molecular weight is 310 g/mol. The molecule has 3 aromatic rings. The fourth-order valence-corrected chi connectivity index (χ4v) is 2.27. The molecule has 1 amide bonds. The molecule has 0 radical (unpaired) electrons. The summed E-state index contributed by atoms with van der Waals surface area (Å²) in [7, 11) is 0. The van der Waals surface area contributed by atoms with Crippen molar-refractivity contribution in [2.24, 2.45) is 0 Å². The minimum absolute atomic E-state index is 0.0106. The largest absolute Gasteiger partial charge is 0.463 e. The Hall–Kier alpha value is -2.89. The maximum Gasteiger partial charge on any atom is 0.274 e. The summed E-state index contributed by atoms with van der Waals surface area (Å²) >= 11 is 0. The van der Waals surface area contributed by atoms with E-state index in [2.05, 4.69) is 15.6 Å². The van der Waals surface area contributed by atoms with Crippen molar-refractivity contribution in [2.75, 3.05) is 0 Å². The number of carbonyl (C=O) groups excluding carboxylic acids is 1. The summed E-state index contributed by atoms with van der Waals surface area (Å²) in [5, 5.41) is 11.0. The summed E-state index contributed by atoms with van der Waals surface area (Å²) in [4.78, 5) is 12.4. The van der Waals surface area contributed by atoms with E-state index in [1.807, 2.05) is 45.0 Å². The van der Waals surface area contributed by atoms with Crippen LogP contribution in [0.5, 0.6) is 0 Å². The monoisotopic (exact) mass is 310 g/mol. The Labute approximate surface area is 134 Å². The standard InChI is InChI=1S/C17H18N4O2/c1-11(2)18-17(22)15-16(14-5-4-10-23-14)21(20-19-15)13-8-6-12(3)7-9-13/h4-11H,1-3H3,(H,18,22). The zero-order valence-corrected chi connectivity index (χ0v) is 13.3. The molecule has 6 heteroatoms. The molecular formula is C17H18N4O2. The van der Waals surface area contributed by atoms with Gasteiger partial charge in [0, 0.05) is 6.04 Å². The molecular weight excluding hydrogens is 292 g/mol. The van der Waals surface area contributed by atoms with Crippen LogP contribution in [-0.4, -0.2) is 26.9 Å². The van der Waals surface area contributed by atoms with Crippen LogP contribution in [0, 0.1) is 6.92 Å². The fraction of sp³-hybridized carbons (Fsp3) is 0.235. The summed E-state index contributed by atoms with van der Waals surface area (Å²) in [5.41, 5.74) is 2.75. The summed E-state index contributed by atoms with van der Waals surface area (Å²) in [5.74, 6) is 0.272. The molecule has 0 aliphatic heterocycles. The highest BCUT2D eigenvalue weighted by Gasteiger charge is 2.24. The van der Waals surface area contributed by atoms with Crippen molar-refractivity contribution in [3.05, 3.63) is 53.9 Å². The van der Waals surface area contributed by atoms with E-state index in [1.165, 1.54) is 0 Å². The molecule has 2 aromatic heterocycles. The Morgan fingerprint density at radius 3 is 2.57 bits per heavy atom. The first-order chi connectivity index (χ1) is 11.1. The molecule has 118 valence electrons. The lowest BCUT2D eigenvalue weighted by Crippen LogP contribution is -2.30. The first-order valence-electron chi connectivity index (χ1n) is 7.43. The second-order valence-corrected chi connectivity index (χ2v) is 5.64. The normalized spacial score (nSPS) is 11.0. The maximum atomic E-state index is 12.4. The number of benzene rings is 1. The number of amides is 1. The molecule has 3 rings (SSSR count). The molecule has 1 N–H and O–H groups in total. The van der Waals surface area contributed by atoms with E-state index < -0.39 is 0 Å². The van der Waals surface area contributed by atoms with Crippen LogP contribution < -0.4 is 5.32 Å². The van der Waals surface area contributed by atoms with Gasteiger partial charge in [0.2, 0.25) is 0 Å². The maximum absolute atomic E-state index is 12.4. The molecule has 0 aliphatic rings. The fourth-order valence-electron chi connectivity index (χ4n) is 2.27. The van der Waals surface area contributed by atoms with Crippen molar-refractivity contribution >= 4 is 5.91 Å². The molecule has 0 saturated heterocycles. The quantitative estimate of drug-likeness (QED) is 0.804. The van der Waals surface area contributed by atoms with E-state index >= 15 is 0 Å². The van der Waals surface area contributed by atoms with Gasteiger partial charge in [-0.25, -0.2) is 4.68 Å². The second-order valence-electron chi connectivity index (χ2n) is 5.64. The highest BCUT2D eigenvalue weighted by molar-refractivity contribution is 5.97. The van der Waals surface area contributed by atoms with Gasteiger partial charge >= 0.3 is 0 Å². The van der Waals surface area contributed by atoms with Gasteiger partial charge in [-0.3, -0.25) is 4.79 Å². The van der Waals surface area contributed by atoms with Gasteiger partial charge in [0.05, 0.1) is 12.0 Å². The van der Waals surface area contributed by atoms with Gasteiger partial charge in [-0.2, -0.15) is 0 Å². The molecule has 0 spiro atoms. The Morgan fingerprint density at radius 2 is 1.96 bits per heavy atom. The molecule has 23 heavy (non-hydrogen) atoms. The van der Waals surface area contributed by atoms with E-state index in [0.717, 1.165) is 11.3 Å². The van der Waals surface area contributed by atoms with Crippen LogP contribution in [-0.2, 0) is 0 Å². The van der Waals surface area contributed by atoms with Gasteiger partial charge in [-0.15, -0.1) is 5.10 Å². The second kappa shape index (κ2) is 6.08. The van der Waals surface area contributed by atoms with Crippen molar-refractivity contribution in [2.45, 2.75) is 26.8 Å². The molecule has 1 aromatic carbocycles. The molecule has 0 bridgehead atoms. The highest BCUT2D eigenvalue weighted by atomic mass is 16.3. The van der Waals surface area contributed by atoms with Gasteiger partial charge in [0.15, 0.2) is 11.5 Å². The molecule has 0 aliphatic carbocycles. The molecule has 0 unspecified atom stereocenters. The van der Waals surface area contributed by atoms with Crippen LogP contribution in [0.15, 0.2) is 47.1 Å². The number of hydrogen-bond donors (Lipinski definition) is 1. The zero-order valence-electron chi connectivity index (χ0n) is 13.3. The first-order valence-corrected chi connectivity index (χ1v) is 7.43. The number of aryl methyl sites for hydroxylation is 1. The van der Waals surface area contributed by atoms with Gasteiger partial charge in [0.25, 0.3) is 5.91 Å². The van der Waals surface area contributed by atoms with Crippen molar-refractivity contribution in [1.82, 2.24) is 20.3 Å². The van der Waals surface area contributed by atoms with Crippen LogP contribution in [0.25, 0.3) is 17.1 Å². The lowest BCUT2D eigenvalue weighted by Gasteiger charge is -2.08. The lowest BCUT2D eigenvalue weighted by molar-refractivity contribution is 0.0938. The molecule has 2 heterocycles. The van der Waals surface area contributed by atoms with Crippen LogP contribution in [0.4, 0.5) is 0 Å². The summed E-state index contributed by atoms with van der Waals surface area (Å²) in [6, 6.07) is 11.4. The van der Waals surface area contributed by atoms with Crippen molar-refractivity contribution in [3.63, 3.8) is 0 Å². The van der Waals surface area contributed by atoms with Crippen molar-refractivity contribution in [3.8, 4) is 17.1 Å². The first kappa shape index (κ1) is 15.0. The number of furan rings is 1. The third-order valence-corrected chi connectivity index (χ3v) is 3.34. The molecule has 0 atom stereocenters. The van der Waals surface area contributed by atoms with Crippen molar-refractivity contribution in [1.29, 1.82) is 0 Å². The number of carbonyl (C=O) groups is 1. The minimum atomic E-state index is -0.273. The predicted octanol–water partition coefficient (Wildman–Crippen LogP) is 2.97. The number of nitrogens with zero attached hydrogens (tertiary/aromatic N) is 3. The van der Waals surface area contributed by atoms with E-state index in [0.29, 0.717) is 11.5 Å². The SMILES string of the molecule is Cc1ccc(-n2nnc(C(=O)NC(C)C)c2-c2ccco2)cc1. The van der Waals surface area contributed by atoms with E-state index in [9.17, 15) is 4.79 Å². The number of aromatic nitrogens is 3. The molecule has 0 fully saturated rings.